The second-order valence-electron chi connectivity index (χ2n) is 3.72. The van der Waals surface area contributed by atoms with Crippen molar-refractivity contribution in [2.45, 2.75) is 0 Å². The van der Waals surface area contributed by atoms with Crippen molar-refractivity contribution in [3.8, 4) is 0 Å². The van der Waals surface area contributed by atoms with Gasteiger partial charge in [-0.2, -0.15) is 11.8 Å². The smallest absolute Gasteiger partial charge is 0.254 e. The van der Waals surface area contributed by atoms with Crippen molar-refractivity contribution >= 4 is 29.0 Å². The van der Waals surface area contributed by atoms with E-state index in [0.29, 0.717) is 17.1 Å². The normalized spacial score (nSPS) is 18.4. The Hall–Kier alpha value is -1.49. The van der Waals surface area contributed by atoms with E-state index < -0.39 is 0 Å². The van der Waals surface area contributed by atoms with Crippen molar-refractivity contribution < 1.29 is 9.18 Å². The highest BCUT2D eigenvalue weighted by atomic mass is 32.2. The Bertz CT molecular complexity index is 513. The standard InChI is InChI=1S/C11H9FN2OS/c12-6-1-2-8-9(3-6)13-10-5-16-4-7(10)11(15)14-8/h1-3,13H,4-5H2,(H,14,15). The van der Waals surface area contributed by atoms with E-state index in [4.69, 9.17) is 0 Å². The topological polar surface area (TPSA) is 41.1 Å². The third kappa shape index (κ3) is 1.48. The summed E-state index contributed by atoms with van der Waals surface area (Å²) in [5.41, 5.74) is 2.92. The molecular formula is C11H9FN2OS. The van der Waals surface area contributed by atoms with Gasteiger partial charge in [-0.05, 0) is 18.2 Å². The first-order valence-electron chi connectivity index (χ1n) is 4.92. The largest absolute Gasteiger partial charge is 0.356 e. The average molecular weight is 236 g/mol. The SMILES string of the molecule is O=C1Nc2ccc(F)cc2NC2=C1CSC2. The van der Waals surface area contributed by atoms with Crippen molar-refractivity contribution in [2.75, 3.05) is 22.1 Å². The average Bonchev–Trinajstić information content (AvgIpc) is 2.65. The summed E-state index contributed by atoms with van der Waals surface area (Å²) in [5.74, 6) is 1.09. The maximum atomic E-state index is 13.1. The summed E-state index contributed by atoms with van der Waals surface area (Å²) >= 11 is 1.68. The highest BCUT2D eigenvalue weighted by Crippen LogP contribution is 2.33. The van der Waals surface area contributed by atoms with Crippen molar-refractivity contribution in [3.05, 3.63) is 35.3 Å². The van der Waals surface area contributed by atoms with Crippen LogP contribution in [0.1, 0.15) is 0 Å². The Kier molecular flexibility index (Phi) is 2.14. The van der Waals surface area contributed by atoms with E-state index in [2.05, 4.69) is 10.6 Å². The predicted octanol–water partition coefficient (Wildman–Crippen LogP) is 2.19. The molecule has 0 radical (unpaired) electrons. The van der Waals surface area contributed by atoms with Crippen LogP contribution in [-0.4, -0.2) is 17.4 Å². The van der Waals surface area contributed by atoms with Gasteiger partial charge in [0.25, 0.3) is 5.91 Å². The van der Waals surface area contributed by atoms with Gasteiger partial charge in [-0.15, -0.1) is 0 Å². The summed E-state index contributed by atoms with van der Waals surface area (Å²) in [7, 11) is 0. The zero-order valence-electron chi connectivity index (χ0n) is 8.34. The minimum Gasteiger partial charge on any atom is -0.356 e. The number of benzene rings is 1. The molecule has 1 amide bonds. The van der Waals surface area contributed by atoms with E-state index in [1.165, 1.54) is 12.1 Å². The number of hydrogen-bond acceptors (Lipinski definition) is 3. The number of carbonyl (C=O) groups excluding carboxylic acids is 1. The molecule has 2 aliphatic heterocycles. The third-order valence-electron chi connectivity index (χ3n) is 2.65. The van der Waals surface area contributed by atoms with Crippen LogP contribution in [0, 0.1) is 5.82 Å². The Morgan fingerprint density at radius 3 is 2.94 bits per heavy atom. The quantitative estimate of drug-likeness (QED) is 0.725. The number of carbonyl (C=O) groups is 1. The number of hydrogen-bond donors (Lipinski definition) is 2. The van der Waals surface area contributed by atoms with E-state index >= 15 is 0 Å². The van der Waals surface area contributed by atoms with Crippen LogP contribution in [0.2, 0.25) is 0 Å². The van der Waals surface area contributed by atoms with Gasteiger partial charge in [0, 0.05) is 22.8 Å². The Morgan fingerprint density at radius 1 is 1.19 bits per heavy atom. The van der Waals surface area contributed by atoms with E-state index in [9.17, 15) is 9.18 Å². The molecule has 5 heteroatoms. The maximum absolute atomic E-state index is 13.1. The minimum absolute atomic E-state index is 0.0853. The zero-order valence-corrected chi connectivity index (χ0v) is 9.16. The highest BCUT2D eigenvalue weighted by molar-refractivity contribution is 8.00. The van der Waals surface area contributed by atoms with Crippen LogP contribution < -0.4 is 10.6 Å². The molecule has 0 atom stereocenters. The van der Waals surface area contributed by atoms with E-state index in [1.807, 2.05) is 0 Å². The molecule has 1 aromatic carbocycles. The van der Waals surface area contributed by atoms with Gasteiger partial charge in [0.15, 0.2) is 0 Å². The Balaban J connectivity index is 2.09. The number of halogens is 1. The summed E-state index contributed by atoms with van der Waals surface area (Å²) < 4.78 is 13.1. The lowest BCUT2D eigenvalue weighted by Gasteiger charge is -2.09. The van der Waals surface area contributed by atoms with Gasteiger partial charge < -0.3 is 10.6 Å². The fourth-order valence-corrected chi connectivity index (χ4v) is 2.89. The number of thioether (sulfide) groups is 1. The number of fused-ring (bicyclic) bond motifs is 1. The van der Waals surface area contributed by atoms with E-state index in [0.717, 1.165) is 17.0 Å². The molecule has 0 saturated heterocycles. The van der Waals surface area contributed by atoms with Gasteiger partial charge in [0.1, 0.15) is 5.82 Å². The molecule has 0 unspecified atom stereocenters. The van der Waals surface area contributed by atoms with Crippen LogP contribution in [0.5, 0.6) is 0 Å². The monoisotopic (exact) mass is 236 g/mol. The molecular weight excluding hydrogens is 227 g/mol. The molecule has 1 aromatic rings. The molecule has 0 aliphatic carbocycles. The van der Waals surface area contributed by atoms with E-state index in [-0.39, 0.29) is 11.7 Å². The van der Waals surface area contributed by atoms with Crippen molar-refractivity contribution in [3.63, 3.8) is 0 Å². The number of amides is 1. The molecule has 3 rings (SSSR count). The molecule has 2 N–H and O–H groups in total. The molecule has 2 heterocycles. The van der Waals surface area contributed by atoms with Crippen LogP contribution in [0.3, 0.4) is 0 Å². The maximum Gasteiger partial charge on any atom is 0.254 e. The zero-order chi connectivity index (χ0) is 11.1. The van der Waals surface area contributed by atoms with Crippen LogP contribution in [0.15, 0.2) is 29.5 Å². The molecule has 82 valence electrons. The molecule has 3 nitrogen and oxygen atoms in total. The molecule has 0 fully saturated rings. The van der Waals surface area contributed by atoms with Gasteiger partial charge >= 0.3 is 0 Å². The van der Waals surface area contributed by atoms with Gasteiger partial charge in [-0.25, -0.2) is 4.39 Å². The van der Waals surface area contributed by atoms with Gasteiger partial charge in [0.2, 0.25) is 0 Å². The van der Waals surface area contributed by atoms with Crippen LogP contribution in [0.4, 0.5) is 15.8 Å². The van der Waals surface area contributed by atoms with Gasteiger partial charge in [-0.1, -0.05) is 0 Å². The Morgan fingerprint density at radius 2 is 2.06 bits per heavy atom. The molecule has 16 heavy (non-hydrogen) atoms. The molecule has 0 bridgehead atoms. The Labute approximate surface area is 96.1 Å². The second-order valence-corrected chi connectivity index (χ2v) is 4.70. The van der Waals surface area contributed by atoms with Crippen molar-refractivity contribution in [1.82, 2.24) is 0 Å². The lowest BCUT2D eigenvalue weighted by atomic mass is 10.2. The van der Waals surface area contributed by atoms with Crippen molar-refractivity contribution in [2.24, 2.45) is 0 Å². The first-order valence-corrected chi connectivity index (χ1v) is 6.07. The molecule has 0 spiro atoms. The fraction of sp³-hybridized carbons (Fsp3) is 0.182. The van der Waals surface area contributed by atoms with Gasteiger partial charge in [0.05, 0.1) is 11.4 Å². The summed E-state index contributed by atoms with van der Waals surface area (Å²) in [5, 5.41) is 5.91. The summed E-state index contributed by atoms with van der Waals surface area (Å²) in [6.07, 6.45) is 0. The first kappa shape index (κ1) is 9.72. The van der Waals surface area contributed by atoms with Crippen molar-refractivity contribution in [1.29, 1.82) is 0 Å². The highest BCUT2D eigenvalue weighted by Gasteiger charge is 2.25. The summed E-state index contributed by atoms with van der Waals surface area (Å²) in [6, 6.07) is 4.31. The van der Waals surface area contributed by atoms with Crippen LogP contribution in [-0.2, 0) is 4.79 Å². The van der Waals surface area contributed by atoms with Crippen LogP contribution >= 0.6 is 11.8 Å². The predicted molar refractivity (Wildman–Crippen MR) is 63.0 cm³/mol. The lowest BCUT2D eigenvalue weighted by Crippen LogP contribution is -2.14. The fourth-order valence-electron chi connectivity index (χ4n) is 1.83. The number of rotatable bonds is 0. The number of nitrogens with one attached hydrogen (secondary N) is 2. The third-order valence-corrected chi connectivity index (χ3v) is 3.63. The molecule has 0 aromatic heterocycles. The molecule has 0 saturated carbocycles. The second kappa shape index (κ2) is 3.52. The van der Waals surface area contributed by atoms with Crippen LogP contribution in [0.25, 0.3) is 0 Å². The summed E-state index contributed by atoms with van der Waals surface area (Å²) in [4.78, 5) is 11.8. The number of anilines is 2. The lowest BCUT2D eigenvalue weighted by molar-refractivity contribution is -0.112. The van der Waals surface area contributed by atoms with Gasteiger partial charge in [-0.3, -0.25) is 4.79 Å². The summed E-state index contributed by atoms with van der Waals surface area (Å²) in [6.45, 7) is 0. The first-order chi connectivity index (χ1) is 7.74. The van der Waals surface area contributed by atoms with E-state index in [1.54, 1.807) is 17.8 Å². The minimum atomic E-state index is -0.310. The molecule has 2 aliphatic rings.